The zero-order valence-corrected chi connectivity index (χ0v) is 28.5. The number of anilines is 3. The van der Waals surface area contributed by atoms with Crippen molar-refractivity contribution in [2.45, 2.75) is 32.5 Å². The van der Waals surface area contributed by atoms with Gasteiger partial charge in [-0.05, 0) is 101 Å². The maximum absolute atomic E-state index is 11.7. The molecular weight excluding hydrogens is 647 g/mol. The zero-order valence-electron chi connectivity index (χ0n) is 28.5. The lowest BCUT2D eigenvalue weighted by atomic mass is 9.99. The summed E-state index contributed by atoms with van der Waals surface area (Å²) in [6, 6.07) is 45.3. The first-order valence-electron chi connectivity index (χ1n) is 16.5. The van der Waals surface area contributed by atoms with Crippen LogP contribution in [-0.4, -0.2) is 25.4 Å². The van der Waals surface area contributed by atoms with Crippen molar-refractivity contribution in [1.82, 2.24) is 0 Å². The third-order valence-electron chi connectivity index (χ3n) is 8.07. The molecule has 5 aromatic rings. The van der Waals surface area contributed by atoms with Crippen molar-refractivity contribution in [3.63, 3.8) is 0 Å². The lowest BCUT2D eigenvalue weighted by Gasteiger charge is -2.26. The van der Waals surface area contributed by atoms with Gasteiger partial charge in [-0.1, -0.05) is 78.7 Å². The second-order valence-electron chi connectivity index (χ2n) is 11.5. The molecule has 5 aromatic carbocycles. The quantitative estimate of drug-likeness (QED) is 0.0751. The molecule has 7 nitrogen and oxygen atoms in total. The number of nitrogens with zero attached hydrogens (tertiary/aromatic N) is 3. The van der Waals surface area contributed by atoms with E-state index >= 15 is 0 Å². The SMILES string of the molecule is C#Cc1ccc(N(c2ccc(CCCc3ccc(-c4ccc(COC(=O)C#CN=C)cc4)cc3)cc2)c2ccc(COC(=O)C#CN=C)cc2)cc1. The Morgan fingerprint density at radius 1 is 0.558 bits per heavy atom. The molecule has 0 amide bonds. The third kappa shape index (κ3) is 10.4. The molecule has 0 aliphatic carbocycles. The monoisotopic (exact) mass is 681 g/mol. The smallest absolute Gasteiger partial charge is 0.386 e. The van der Waals surface area contributed by atoms with E-state index < -0.39 is 11.9 Å². The first-order valence-corrected chi connectivity index (χ1v) is 16.5. The van der Waals surface area contributed by atoms with E-state index in [1.807, 2.05) is 72.8 Å². The standard InChI is InChI=1S/C45H35N3O4/c1-4-34-12-22-41(23-13-34)48(43-26-16-38(17-27-43)33-52-45(50)29-31-47-3)42-24-14-36(15-25-42)7-5-6-35-8-18-39(19-9-35)40-20-10-37(11-21-40)32-51-44(49)28-30-46-2/h1,8-27H,2-3,5-7,32-33H2. The van der Waals surface area contributed by atoms with Crippen molar-refractivity contribution in [1.29, 1.82) is 0 Å². The summed E-state index contributed by atoms with van der Waals surface area (Å²) in [6.45, 7) is 6.69. The number of hydrogen-bond donors (Lipinski definition) is 0. The summed E-state index contributed by atoms with van der Waals surface area (Å²) in [7, 11) is 0. The number of ether oxygens (including phenoxy) is 2. The minimum atomic E-state index is -0.656. The van der Waals surface area contributed by atoms with E-state index in [0.717, 1.165) is 64.1 Å². The number of aryl methyl sites for hydroxylation is 2. The first-order chi connectivity index (χ1) is 25.4. The van der Waals surface area contributed by atoms with E-state index in [4.69, 9.17) is 15.9 Å². The number of esters is 2. The van der Waals surface area contributed by atoms with Gasteiger partial charge in [0, 0.05) is 60.0 Å². The Bertz CT molecular complexity index is 2180. The van der Waals surface area contributed by atoms with Crippen LogP contribution in [0, 0.1) is 36.3 Å². The van der Waals surface area contributed by atoms with Crippen LogP contribution in [0.15, 0.2) is 131 Å². The van der Waals surface area contributed by atoms with Crippen LogP contribution in [0.4, 0.5) is 17.1 Å². The fourth-order valence-corrected chi connectivity index (χ4v) is 5.40. The minimum Gasteiger partial charge on any atom is -0.451 e. The summed E-state index contributed by atoms with van der Waals surface area (Å²) in [5.41, 5.74) is 10.2. The Morgan fingerprint density at radius 2 is 0.923 bits per heavy atom. The zero-order chi connectivity index (χ0) is 36.5. The molecular formula is C45H35N3O4. The average molecular weight is 682 g/mol. The summed E-state index contributed by atoms with van der Waals surface area (Å²) in [4.78, 5) is 32.1. The van der Waals surface area contributed by atoms with Crippen LogP contribution in [-0.2, 0) is 45.1 Å². The Hall–Kier alpha value is -7.14. The summed E-state index contributed by atoms with van der Waals surface area (Å²) in [5.74, 6) is 5.88. The molecule has 0 fully saturated rings. The molecule has 0 aromatic heterocycles. The number of rotatable bonds is 12. The normalized spacial score (nSPS) is 9.90. The second kappa shape index (κ2) is 18.6. The van der Waals surface area contributed by atoms with E-state index in [9.17, 15) is 9.59 Å². The van der Waals surface area contributed by atoms with Crippen LogP contribution in [0.25, 0.3) is 11.1 Å². The first kappa shape index (κ1) is 36.1. The Labute approximate surface area is 304 Å². The van der Waals surface area contributed by atoms with Crippen molar-refractivity contribution in [3.05, 3.63) is 149 Å². The predicted octanol–water partition coefficient (Wildman–Crippen LogP) is 8.39. The maximum atomic E-state index is 11.7. The number of carbonyl (C=O) groups excluding carboxylic acids is 2. The van der Waals surface area contributed by atoms with Crippen LogP contribution in [0.5, 0.6) is 0 Å². The third-order valence-corrected chi connectivity index (χ3v) is 8.07. The van der Waals surface area contributed by atoms with Gasteiger partial charge in [-0.25, -0.2) is 19.6 Å². The molecule has 0 atom stereocenters. The van der Waals surface area contributed by atoms with E-state index in [1.165, 1.54) is 11.1 Å². The summed E-state index contributed by atoms with van der Waals surface area (Å²) in [5, 5.41) is 0. The van der Waals surface area contributed by atoms with Crippen LogP contribution >= 0.6 is 0 Å². The van der Waals surface area contributed by atoms with Gasteiger partial charge in [0.2, 0.25) is 0 Å². The molecule has 0 bridgehead atoms. The number of terminal acetylenes is 1. The number of aliphatic imine (C=N–C) groups is 2. The van der Waals surface area contributed by atoms with Gasteiger partial charge in [0.1, 0.15) is 13.2 Å². The van der Waals surface area contributed by atoms with Gasteiger partial charge >= 0.3 is 11.9 Å². The van der Waals surface area contributed by atoms with E-state index in [2.05, 4.69) is 107 Å². The number of benzene rings is 5. The van der Waals surface area contributed by atoms with Crippen molar-refractivity contribution < 1.29 is 19.1 Å². The highest BCUT2D eigenvalue weighted by Crippen LogP contribution is 2.35. The highest BCUT2D eigenvalue weighted by Gasteiger charge is 2.13. The largest absolute Gasteiger partial charge is 0.451 e. The van der Waals surface area contributed by atoms with Gasteiger partial charge in [0.15, 0.2) is 0 Å². The van der Waals surface area contributed by atoms with Crippen LogP contribution in [0.2, 0.25) is 0 Å². The van der Waals surface area contributed by atoms with Crippen molar-refractivity contribution >= 4 is 42.4 Å². The number of hydrogen-bond acceptors (Lipinski definition) is 7. The molecule has 0 aliphatic rings. The molecule has 0 heterocycles. The summed E-state index contributed by atoms with van der Waals surface area (Å²) in [6.07, 6.45) is 8.53. The topological polar surface area (TPSA) is 80.6 Å². The van der Waals surface area contributed by atoms with Gasteiger partial charge in [-0.2, -0.15) is 0 Å². The Balaban J connectivity index is 1.18. The highest BCUT2D eigenvalue weighted by atomic mass is 16.5. The molecule has 0 spiro atoms. The molecule has 0 N–H and O–H groups in total. The van der Waals surface area contributed by atoms with Gasteiger partial charge in [0.05, 0.1) is 0 Å². The van der Waals surface area contributed by atoms with Gasteiger partial charge in [-0.15, -0.1) is 6.42 Å². The highest BCUT2D eigenvalue weighted by molar-refractivity contribution is 5.88. The maximum Gasteiger partial charge on any atom is 0.386 e. The molecule has 0 saturated carbocycles. The van der Waals surface area contributed by atoms with Crippen LogP contribution in [0.3, 0.4) is 0 Å². The van der Waals surface area contributed by atoms with Crippen molar-refractivity contribution in [2.24, 2.45) is 9.98 Å². The van der Waals surface area contributed by atoms with Gasteiger partial charge in [0.25, 0.3) is 0 Å². The fourth-order valence-electron chi connectivity index (χ4n) is 5.40. The molecule has 52 heavy (non-hydrogen) atoms. The Morgan fingerprint density at radius 3 is 1.33 bits per heavy atom. The molecule has 0 radical (unpaired) electrons. The van der Waals surface area contributed by atoms with Crippen molar-refractivity contribution in [2.75, 3.05) is 4.90 Å². The predicted molar refractivity (Wildman–Crippen MR) is 207 cm³/mol. The van der Waals surface area contributed by atoms with Gasteiger partial charge < -0.3 is 14.4 Å². The lowest BCUT2D eigenvalue weighted by Crippen LogP contribution is -2.10. The summed E-state index contributed by atoms with van der Waals surface area (Å²) >= 11 is 0. The lowest BCUT2D eigenvalue weighted by molar-refractivity contribution is -0.138. The molecule has 254 valence electrons. The average Bonchev–Trinajstić information content (AvgIpc) is 3.19. The molecule has 0 saturated heterocycles. The van der Waals surface area contributed by atoms with E-state index in [-0.39, 0.29) is 13.2 Å². The number of carbonyl (C=O) groups is 2. The summed E-state index contributed by atoms with van der Waals surface area (Å²) < 4.78 is 10.3. The van der Waals surface area contributed by atoms with E-state index in [1.54, 1.807) is 0 Å². The molecule has 0 aliphatic heterocycles. The fraction of sp³-hybridized carbons (Fsp3) is 0.111. The molecule has 0 unspecified atom stereocenters. The van der Waals surface area contributed by atoms with Crippen LogP contribution in [0.1, 0.15) is 34.2 Å². The van der Waals surface area contributed by atoms with Crippen molar-refractivity contribution in [3.8, 4) is 47.4 Å². The van der Waals surface area contributed by atoms with Gasteiger partial charge in [-0.3, -0.25) is 0 Å². The second-order valence-corrected chi connectivity index (χ2v) is 11.5. The molecule has 7 heteroatoms. The minimum absolute atomic E-state index is 0.0996. The Kier molecular flexibility index (Phi) is 12.9. The molecule has 5 rings (SSSR count). The van der Waals surface area contributed by atoms with Crippen LogP contribution < -0.4 is 4.90 Å². The van der Waals surface area contributed by atoms with E-state index in [0.29, 0.717) is 0 Å².